The van der Waals surface area contributed by atoms with Gasteiger partial charge >= 0.3 is 5.97 Å². The molecule has 0 aliphatic carbocycles. The summed E-state index contributed by atoms with van der Waals surface area (Å²) in [4.78, 5) is 13.7. The van der Waals surface area contributed by atoms with Gasteiger partial charge in [0.15, 0.2) is 0 Å². The van der Waals surface area contributed by atoms with Crippen LogP contribution >= 0.6 is 24.8 Å². The molecule has 0 radical (unpaired) electrons. The van der Waals surface area contributed by atoms with E-state index in [2.05, 4.69) is 10.2 Å². The maximum absolute atomic E-state index is 11.2. The van der Waals surface area contributed by atoms with Gasteiger partial charge in [-0.15, -0.1) is 24.8 Å². The third-order valence-corrected chi connectivity index (χ3v) is 4.46. The van der Waals surface area contributed by atoms with Crippen LogP contribution in [0, 0.1) is 5.92 Å². The van der Waals surface area contributed by atoms with E-state index in [-0.39, 0.29) is 24.8 Å². The number of benzene rings is 1. The average Bonchev–Trinajstić information content (AvgIpc) is 2.46. The van der Waals surface area contributed by atoms with Crippen LogP contribution in [-0.4, -0.2) is 41.7 Å². The van der Waals surface area contributed by atoms with Gasteiger partial charge in [-0.05, 0) is 43.5 Å². The van der Waals surface area contributed by atoms with E-state index in [1.54, 1.807) is 12.1 Å². The Kier molecular flexibility index (Phi) is 6.94. The topological polar surface area (TPSA) is 52.6 Å². The van der Waals surface area contributed by atoms with Crippen LogP contribution in [0.2, 0.25) is 0 Å². The number of nitrogens with zero attached hydrogens (tertiary/aromatic N) is 1. The Bertz CT molecular complexity index is 476. The molecule has 0 aromatic heterocycles. The minimum absolute atomic E-state index is 0. The Morgan fingerprint density at radius 2 is 1.90 bits per heavy atom. The lowest BCUT2D eigenvalue weighted by atomic mass is 9.84. The number of fused-ring (bicyclic) bond motifs is 3. The Morgan fingerprint density at radius 1 is 1.24 bits per heavy atom. The number of halogens is 2. The SMILES string of the molecule is Cl.Cl.O=C(O)c1ccccc1CNC1CN2CCC1CC2. The van der Waals surface area contributed by atoms with Crippen LogP contribution in [0.3, 0.4) is 0 Å². The van der Waals surface area contributed by atoms with Gasteiger partial charge < -0.3 is 15.3 Å². The molecule has 6 heteroatoms. The molecular weight excluding hydrogens is 311 g/mol. The van der Waals surface area contributed by atoms with Crippen LogP contribution in [-0.2, 0) is 6.54 Å². The highest BCUT2D eigenvalue weighted by Crippen LogP contribution is 2.27. The van der Waals surface area contributed by atoms with Crippen molar-refractivity contribution in [2.24, 2.45) is 5.92 Å². The first kappa shape index (κ1) is 18.2. The molecule has 2 bridgehead atoms. The average molecular weight is 333 g/mol. The zero-order valence-corrected chi connectivity index (χ0v) is 13.5. The monoisotopic (exact) mass is 332 g/mol. The number of carboxylic acids is 1. The fraction of sp³-hybridized carbons (Fsp3) is 0.533. The van der Waals surface area contributed by atoms with Crippen LogP contribution < -0.4 is 5.32 Å². The Morgan fingerprint density at radius 3 is 2.48 bits per heavy atom. The highest BCUT2D eigenvalue weighted by atomic mass is 35.5. The van der Waals surface area contributed by atoms with Crippen molar-refractivity contribution < 1.29 is 9.90 Å². The third-order valence-electron chi connectivity index (χ3n) is 4.46. The van der Waals surface area contributed by atoms with Gasteiger partial charge in [-0.25, -0.2) is 4.79 Å². The number of hydrogen-bond donors (Lipinski definition) is 2. The van der Waals surface area contributed by atoms with E-state index in [0.29, 0.717) is 18.2 Å². The van der Waals surface area contributed by atoms with Gasteiger partial charge in [0.2, 0.25) is 0 Å². The zero-order chi connectivity index (χ0) is 13.2. The lowest BCUT2D eigenvalue weighted by Crippen LogP contribution is -2.55. The quantitative estimate of drug-likeness (QED) is 0.889. The minimum Gasteiger partial charge on any atom is -0.478 e. The molecule has 3 fully saturated rings. The van der Waals surface area contributed by atoms with Gasteiger partial charge in [0.05, 0.1) is 5.56 Å². The zero-order valence-electron chi connectivity index (χ0n) is 11.8. The van der Waals surface area contributed by atoms with Gasteiger partial charge in [0.1, 0.15) is 0 Å². The molecule has 1 atom stereocenters. The molecule has 4 nitrogen and oxygen atoms in total. The first-order valence-corrected chi connectivity index (χ1v) is 7.01. The highest BCUT2D eigenvalue weighted by molar-refractivity contribution is 5.89. The Hall–Kier alpha value is -0.810. The molecule has 2 N–H and O–H groups in total. The molecule has 3 saturated heterocycles. The molecule has 0 spiro atoms. The predicted octanol–water partition coefficient (Wildman–Crippen LogP) is 2.41. The molecular formula is C15H22Cl2N2O2. The van der Waals surface area contributed by atoms with E-state index in [1.165, 1.54) is 25.9 Å². The van der Waals surface area contributed by atoms with Gasteiger partial charge in [-0.1, -0.05) is 18.2 Å². The van der Waals surface area contributed by atoms with Crippen molar-refractivity contribution in [3.8, 4) is 0 Å². The van der Waals surface area contributed by atoms with E-state index in [1.807, 2.05) is 12.1 Å². The van der Waals surface area contributed by atoms with Crippen molar-refractivity contribution in [3.63, 3.8) is 0 Å². The largest absolute Gasteiger partial charge is 0.478 e. The second-order valence-corrected chi connectivity index (χ2v) is 5.59. The minimum atomic E-state index is -0.841. The van der Waals surface area contributed by atoms with E-state index >= 15 is 0 Å². The van der Waals surface area contributed by atoms with Crippen LogP contribution in [0.25, 0.3) is 0 Å². The van der Waals surface area contributed by atoms with E-state index in [9.17, 15) is 9.90 Å². The molecule has 1 unspecified atom stereocenters. The number of hydrogen-bond acceptors (Lipinski definition) is 3. The number of aromatic carboxylic acids is 1. The van der Waals surface area contributed by atoms with Gasteiger partial charge in [-0.2, -0.15) is 0 Å². The Balaban J connectivity index is 0.00000110. The van der Waals surface area contributed by atoms with Gasteiger partial charge in [0, 0.05) is 19.1 Å². The molecule has 3 aliphatic rings. The summed E-state index contributed by atoms with van der Waals surface area (Å²) >= 11 is 0. The van der Waals surface area contributed by atoms with Gasteiger partial charge in [-0.3, -0.25) is 0 Å². The maximum Gasteiger partial charge on any atom is 0.336 e. The number of nitrogens with one attached hydrogen (secondary N) is 1. The molecule has 0 amide bonds. The predicted molar refractivity (Wildman–Crippen MR) is 87.7 cm³/mol. The summed E-state index contributed by atoms with van der Waals surface area (Å²) in [7, 11) is 0. The second kappa shape index (κ2) is 7.99. The van der Waals surface area contributed by atoms with Crippen molar-refractivity contribution in [1.82, 2.24) is 10.2 Å². The van der Waals surface area contributed by atoms with Gasteiger partial charge in [0.25, 0.3) is 0 Å². The fourth-order valence-electron chi connectivity index (χ4n) is 3.32. The number of piperidine rings is 3. The summed E-state index contributed by atoms with van der Waals surface area (Å²) in [5.74, 6) is -0.0756. The van der Waals surface area contributed by atoms with Crippen molar-refractivity contribution in [2.75, 3.05) is 19.6 Å². The van der Waals surface area contributed by atoms with E-state index < -0.39 is 5.97 Å². The highest BCUT2D eigenvalue weighted by Gasteiger charge is 2.33. The first-order chi connectivity index (χ1) is 9.24. The smallest absolute Gasteiger partial charge is 0.336 e. The lowest BCUT2D eigenvalue weighted by Gasteiger charge is -2.45. The van der Waals surface area contributed by atoms with Crippen molar-refractivity contribution >= 4 is 30.8 Å². The van der Waals surface area contributed by atoms with Crippen LogP contribution in [0.5, 0.6) is 0 Å². The maximum atomic E-state index is 11.2. The second-order valence-electron chi connectivity index (χ2n) is 5.59. The molecule has 1 aromatic rings. The summed E-state index contributed by atoms with van der Waals surface area (Å²) in [6.07, 6.45) is 2.55. The number of carboxylic acid groups (broad SMARTS) is 1. The summed E-state index contributed by atoms with van der Waals surface area (Å²) in [5.41, 5.74) is 1.29. The van der Waals surface area contributed by atoms with Crippen molar-refractivity contribution in [2.45, 2.75) is 25.4 Å². The molecule has 3 heterocycles. The summed E-state index contributed by atoms with van der Waals surface area (Å²) in [6.45, 7) is 4.22. The third kappa shape index (κ3) is 4.10. The van der Waals surface area contributed by atoms with Crippen LogP contribution in [0.1, 0.15) is 28.8 Å². The normalized spacial score (nSPS) is 26.6. The number of rotatable bonds is 4. The molecule has 118 valence electrons. The first-order valence-electron chi connectivity index (χ1n) is 7.01. The van der Waals surface area contributed by atoms with Crippen LogP contribution in [0.15, 0.2) is 24.3 Å². The molecule has 4 rings (SSSR count). The molecule has 3 aliphatic heterocycles. The molecule has 0 saturated carbocycles. The Labute approximate surface area is 137 Å². The van der Waals surface area contributed by atoms with Crippen molar-refractivity contribution in [3.05, 3.63) is 35.4 Å². The van der Waals surface area contributed by atoms with E-state index in [4.69, 9.17) is 0 Å². The number of carbonyl (C=O) groups is 1. The summed E-state index contributed by atoms with van der Waals surface area (Å²) in [5, 5.41) is 12.7. The van der Waals surface area contributed by atoms with Crippen LogP contribution in [0.4, 0.5) is 0 Å². The fourth-order valence-corrected chi connectivity index (χ4v) is 3.32. The lowest BCUT2D eigenvalue weighted by molar-refractivity contribution is 0.0687. The summed E-state index contributed by atoms with van der Waals surface area (Å²) < 4.78 is 0. The van der Waals surface area contributed by atoms with E-state index in [0.717, 1.165) is 18.0 Å². The summed E-state index contributed by atoms with van der Waals surface area (Å²) in [6, 6.07) is 7.78. The molecule has 1 aromatic carbocycles. The molecule has 21 heavy (non-hydrogen) atoms. The standard InChI is InChI=1S/C15H20N2O2.2ClH/c18-15(19)13-4-2-1-3-12(13)9-16-14-10-17-7-5-11(14)6-8-17;;/h1-4,11,14,16H,5-10H2,(H,18,19);2*1H. The van der Waals surface area contributed by atoms with Crippen molar-refractivity contribution in [1.29, 1.82) is 0 Å².